The molecular formula is C8H10Cl2N2O. The van der Waals surface area contributed by atoms with Gasteiger partial charge < -0.3 is 10.3 Å². The Bertz CT molecular complexity index is 333. The summed E-state index contributed by atoms with van der Waals surface area (Å²) in [6.45, 7) is 2.44. The Morgan fingerprint density at radius 2 is 1.92 bits per heavy atom. The Morgan fingerprint density at radius 3 is 2.31 bits per heavy atom. The Morgan fingerprint density at radius 1 is 1.46 bits per heavy atom. The average Bonchev–Trinajstić information content (AvgIpc) is 1.98. The lowest BCUT2D eigenvalue weighted by Crippen LogP contribution is -2.23. The maximum absolute atomic E-state index is 11.1. The first-order chi connectivity index (χ1) is 6.00. The van der Waals surface area contributed by atoms with Crippen LogP contribution in [0, 0.1) is 0 Å². The van der Waals surface area contributed by atoms with E-state index in [1.54, 1.807) is 4.57 Å². The van der Waals surface area contributed by atoms with Crippen molar-refractivity contribution < 1.29 is 0 Å². The summed E-state index contributed by atoms with van der Waals surface area (Å²) in [6.07, 6.45) is 3.05. The Hall–Kier alpha value is -0.510. The summed E-state index contributed by atoms with van der Waals surface area (Å²) in [4.78, 5) is 11.1. The largest absolute Gasteiger partial charge is 0.349 e. The van der Waals surface area contributed by atoms with Crippen molar-refractivity contribution in [2.75, 3.05) is 0 Å². The highest BCUT2D eigenvalue weighted by molar-refractivity contribution is 6.34. The van der Waals surface area contributed by atoms with Crippen LogP contribution in [-0.4, -0.2) is 10.6 Å². The zero-order valence-electron chi connectivity index (χ0n) is 7.13. The first kappa shape index (κ1) is 10.6. The van der Waals surface area contributed by atoms with E-state index in [0.29, 0.717) is 6.54 Å². The number of rotatable bonds is 2. The van der Waals surface area contributed by atoms with Crippen molar-refractivity contribution in [3.8, 4) is 0 Å². The summed E-state index contributed by atoms with van der Waals surface area (Å²) in [6, 6.07) is -0.00497. The summed E-state index contributed by atoms with van der Waals surface area (Å²) in [5, 5.41) is 0.237. The van der Waals surface area contributed by atoms with Crippen molar-refractivity contribution in [1.29, 1.82) is 0 Å². The van der Waals surface area contributed by atoms with Crippen molar-refractivity contribution in [3.63, 3.8) is 0 Å². The quantitative estimate of drug-likeness (QED) is 0.822. The van der Waals surface area contributed by atoms with Crippen molar-refractivity contribution >= 4 is 23.2 Å². The molecule has 0 bridgehead atoms. The summed E-state index contributed by atoms with van der Waals surface area (Å²) in [5.74, 6) is 0. The molecule has 2 N–H and O–H groups in total. The maximum atomic E-state index is 11.1. The molecule has 1 aromatic heterocycles. The Balaban J connectivity index is 3.06. The SMILES string of the molecule is CC(N)Cn1cc(Cl)c(=O)c(Cl)c1. The third-order valence-electron chi connectivity index (χ3n) is 1.49. The second-order valence-corrected chi connectivity index (χ2v) is 3.77. The fourth-order valence-corrected chi connectivity index (χ4v) is 1.50. The molecule has 0 aliphatic carbocycles. The summed E-state index contributed by atoms with van der Waals surface area (Å²) < 4.78 is 1.71. The molecule has 0 spiro atoms. The van der Waals surface area contributed by atoms with Crippen LogP contribution in [0.2, 0.25) is 10.0 Å². The van der Waals surface area contributed by atoms with Crippen molar-refractivity contribution in [2.24, 2.45) is 5.73 Å². The van der Waals surface area contributed by atoms with E-state index in [1.165, 1.54) is 12.4 Å². The molecule has 0 amide bonds. The van der Waals surface area contributed by atoms with Crippen LogP contribution in [0.15, 0.2) is 17.2 Å². The minimum absolute atomic E-state index is 0.00497. The molecule has 0 aromatic carbocycles. The fraction of sp³-hybridized carbons (Fsp3) is 0.375. The van der Waals surface area contributed by atoms with Crippen LogP contribution < -0.4 is 11.2 Å². The van der Waals surface area contributed by atoms with Gasteiger partial charge in [-0.3, -0.25) is 4.79 Å². The first-order valence-corrected chi connectivity index (χ1v) is 4.57. The van der Waals surface area contributed by atoms with Crippen molar-refractivity contribution in [2.45, 2.75) is 19.5 Å². The molecule has 0 aliphatic heterocycles. The highest BCUT2D eigenvalue weighted by atomic mass is 35.5. The van der Waals surface area contributed by atoms with E-state index < -0.39 is 0 Å². The van der Waals surface area contributed by atoms with E-state index in [0.717, 1.165) is 0 Å². The number of halogens is 2. The van der Waals surface area contributed by atoms with Crippen LogP contribution in [-0.2, 0) is 6.54 Å². The molecule has 0 fully saturated rings. The Labute approximate surface area is 86.1 Å². The lowest BCUT2D eigenvalue weighted by molar-refractivity contribution is 0.586. The molecular weight excluding hydrogens is 211 g/mol. The Kier molecular flexibility index (Phi) is 3.36. The zero-order valence-corrected chi connectivity index (χ0v) is 8.64. The molecule has 0 aliphatic rings. The van der Waals surface area contributed by atoms with E-state index in [1.807, 2.05) is 6.92 Å². The molecule has 1 aromatic rings. The van der Waals surface area contributed by atoms with E-state index in [-0.39, 0.29) is 21.5 Å². The molecule has 3 nitrogen and oxygen atoms in total. The predicted molar refractivity (Wildman–Crippen MR) is 54.4 cm³/mol. The first-order valence-electron chi connectivity index (χ1n) is 3.81. The molecule has 0 radical (unpaired) electrons. The van der Waals surface area contributed by atoms with Gasteiger partial charge in [-0.15, -0.1) is 0 Å². The highest BCUT2D eigenvalue weighted by Crippen LogP contribution is 2.08. The smallest absolute Gasteiger partial charge is 0.218 e. The van der Waals surface area contributed by atoms with Crippen LogP contribution >= 0.6 is 23.2 Å². The fourth-order valence-electron chi connectivity index (χ4n) is 0.998. The highest BCUT2D eigenvalue weighted by Gasteiger charge is 2.04. The summed E-state index contributed by atoms with van der Waals surface area (Å²) in [7, 11) is 0. The van der Waals surface area contributed by atoms with Gasteiger partial charge in [0.2, 0.25) is 5.43 Å². The van der Waals surface area contributed by atoms with E-state index in [9.17, 15) is 4.79 Å². The van der Waals surface area contributed by atoms with E-state index in [4.69, 9.17) is 28.9 Å². The number of pyridine rings is 1. The van der Waals surface area contributed by atoms with Gasteiger partial charge in [-0.25, -0.2) is 0 Å². The van der Waals surface area contributed by atoms with Crippen LogP contribution in [0.1, 0.15) is 6.92 Å². The molecule has 0 saturated heterocycles. The zero-order chi connectivity index (χ0) is 10.0. The second-order valence-electron chi connectivity index (χ2n) is 2.96. The number of aromatic nitrogens is 1. The predicted octanol–water partition coefficient (Wildman–Crippen LogP) is 1.50. The molecule has 13 heavy (non-hydrogen) atoms. The molecule has 72 valence electrons. The normalized spacial score (nSPS) is 12.9. The monoisotopic (exact) mass is 220 g/mol. The number of hydrogen-bond acceptors (Lipinski definition) is 2. The number of hydrogen-bond donors (Lipinski definition) is 1. The van der Waals surface area contributed by atoms with Crippen LogP contribution in [0.4, 0.5) is 0 Å². The van der Waals surface area contributed by atoms with Gasteiger partial charge in [0.05, 0.1) is 0 Å². The van der Waals surface area contributed by atoms with E-state index in [2.05, 4.69) is 0 Å². The summed E-state index contributed by atoms with van der Waals surface area (Å²) in [5.41, 5.74) is 5.23. The lowest BCUT2D eigenvalue weighted by Gasteiger charge is -2.09. The van der Waals surface area contributed by atoms with E-state index >= 15 is 0 Å². The molecule has 1 heterocycles. The van der Waals surface area contributed by atoms with Crippen molar-refractivity contribution in [3.05, 3.63) is 32.7 Å². The molecule has 1 rings (SSSR count). The van der Waals surface area contributed by atoms with Gasteiger partial charge in [-0.2, -0.15) is 0 Å². The van der Waals surface area contributed by atoms with Gasteiger partial charge in [0.1, 0.15) is 10.0 Å². The maximum Gasteiger partial charge on any atom is 0.218 e. The van der Waals surface area contributed by atoms with Gasteiger partial charge in [-0.05, 0) is 6.92 Å². The molecule has 0 saturated carbocycles. The van der Waals surface area contributed by atoms with Crippen LogP contribution in [0.3, 0.4) is 0 Å². The topological polar surface area (TPSA) is 48.0 Å². The molecule has 1 unspecified atom stereocenters. The van der Waals surface area contributed by atoms with Crippen LogP contribution in [0.5, 0.6) is 0 Å². The molecule has 5 heteroatoms. The van der Waals surface area contributed by atoms with Crippen LogP contribution in [0.25, 0.3) is 0 Å². The summed E-state index contributed by atoms with van der Waals surface area (Å²) >= 11 is 11.3. The molecule has 1 atom stereocenters. The number of nitrogens with two attached hydrogens (primary N) is 1. The lowest BCUT2D eigenvalue weighted by atomic mass is 10.3. The standard InChI is InChI=1S/C8H10Cl2N2O/c1-5(11)2-12-3-6(9)8(13)7(10)4-12/h3-5H,2,11H2,1H3. The minimum Gasteiger partial charge on any atom is -0.349 e. The van der Waals surface area contributed by atoms with Gasteiger partial charge in [0, 0.05) is 25.0 Å². The average molecular weight is 221 g/mol. The van der Waals surface area contributed by atoms with Gasteiger partial charge in [0.15, 0.2) is 0 Å². The second kappa shape index (κ2) is 4.13. The van der Waals surface area contributed by atoms with Crippen molar-refractivity contribution in [1.82, 2.24) is 4.57 Å². The van der Waals surface area contributed by atoms with Gasteiger partial charge >= 0.3 is 0 Å². The van der Waals surface area contributed by atoms with Gasteiger partial charge in [-0.1, -0.05) is 23.2 Å². The minimum atomic E-state index is -0.343. The third-order valence-corrected chi connectivity index (χ3v) is 2.03. The number of nitrogens with zero attached hydrogens (tertiary/aromatic N) is 1. The van der Waals surface area contributed by atoms with Gasteiger partial charge in [0.25, 0.3) is 0 Å². The third kappa shape index (κ3) is 2.72.